The molecule has 2 rings (SSSR count). The van der Waals surface area contributed by atoms with Crippen molar-refractivity contribution in [2.24, 2.45) is 0 Å². The van der Waals surface area contributed by atoms with Gasteiger partial charge in [-0.15, -0.1) is 0 Å². The summed E-state index contributed by atoms with van der Waals surface area (Å²) in [6.07, 6.45) is 0. The normalized spacial score (nSPS) is 9.83. The zero-order valence-corrected chi connectivity index (χ0v) is 9.77. The number of carbonyl (C=O) groups excluding carboxylic acids is 1. The topological polar surface area (TPSA) is 40.9 Å². The van der Waals surface area contributed by atoms with Gasteiger partial charge in [-0.3, -0.25) is 4.79 Å². The van der Waals surface area contributed by atoms with Gasteiger partial charge in [0.2, 0.25) is 0 Å². The number of carbonyl (C=O) groups is 1. The fraction of sp³-hybridized carbons (Fsp3) is 0.0667. The highest BCUT2D eigenvalue weighted by atomic mass is 19.1. The SMILES string of the molecule is CC(=O)c1ccc(-c2cc(F)cc(C#N)c2)cc1. The zero-order valence-electron chi connectivity index (χ0n) is 9.77. The Morgan fingerprint density at radius 3 is 2.33 bits per heavy atom. The van der Waals surface area contributed by atoms with Crippen molar-refractivity contribution in [3.63, 3.8) is 0 Å². The van der Waals surface area contributed by atoms with Gasteiger partial charge in [0.25, 0.3) is 0 Å². The summed E-state index contributed by atoms with van der Waals surface area (Å²) < 4.78 is 13.3. The number of rotatable bonds is 2. The number of hydrogen-bond donors (Lipinski definition) is 0. The molecule has 0 heterocycles. The summed E-state index contributed by atoms with van der Waals surface area (Å²) in [5.41, 5.74) is 2.29. The highest BCUT2D eigenvalue weighted by Crippen LogP contribution is 2.22. The summed E-state index contributed by atoms with van der Waals surface area (Å²) in [7, 11) is 0. The molecule has 0 amide bonds. The summed E-state index contributed by atoms with van der Waals surface area (Å²) in [5.74, 6) is -0.460. The molecule has 0 spiro atoms. The van der Waals surface area contributed by atoms with Gasteiger partial charge in [0.05, 0.1) is 11.6 Å². The molecule has 0 fully saturated rings. The Hall–Kier alpha value is -2.47. The summed E-state index contributed by atoms with van der Waals surface area (Å²) in [4.78, 5) is 11.1. The van der Waals surface area contributed by atoms with Gasteiger partial charge in [-0.05, 0) is 36.2 Å². The van der Waals surface area contributed by atoms with Gasteiger partial charge in [-0.1, -0.05) is 24.3 Å². The Morgan fingerprint density at radius 2 is 1.78 bits per heavy atom. The van der Waals surface area contributed by atoms with E-state index in [9.17, 15) is 9.18 Å². The maximum atomic E-state index is 13.3. The van der Waals surface area contributed by atoms with E-state index in [1.165, 1.54) is 19.1 Å². The van der Waals surface area contributed by atoms with Crippen molar-refractivity contribution < 1.29 is 9.18 Å². The lowest BCUT2D eigenvalue weighted by Gasteiger charge is -2.04. The molecular weight excluding hydrogens is 229 g/mol. The molecule has 88 valence electrons. The Bertz CT molecular complexity index is 639. The minimum absolute atomic E-state index is 0.0153. The van der Waals surface area contributed by atoms with Gasteiger partial charge in [0.1, 0.15) is 5.82 Å². The molecule has 0 atom stereocenters. The highest BCUT2D eigenvalue weighted by molar-refractivity contribution is 5.94. The van der Waals surface area contributed by atoms with E-state index in [-0.39, 0.29) is 11.3 Å². The van der Waals surface area contributed by atoms with Gasteiger partial charge in [0.15, 0.2) is 5.78 Å². The molecule has 2 aromatic carbocycles. The average molecular weight is 239 g/mol. The Morgan fingerprint density at radius 1 is 1.11 bits per heavy atom. The monoisotopic (exact) mass is 239 g/mol. The molecule has 2 nitrogen and oxygen atoms in total. The minimum atomic E-state index is -0.445. The van der Waals surface area contributed by atoms with E-state index in [0.29, 0.717) is 11.1 Å². The van der Waals surface area contributed by atoms with Crippen molar-refractivity contribution >= 4 is 5.78 Å². The predicted octanol–water partition coefficient (Wildman–Crippen LogP) is 3.57. The predicted molar refractivity (Wildman–Crippen MR) is 66.6 cm³/mol. The first kappa shape index (κ1) is 12.0. The third kappa shape index (κ3) is 2.44. The van der Waals surface area contributed by atoms with Crippen LogP contribution >= 0.6 is 0 Å². The number of benzene rings is 2. The molecule has 0 bridgehead atoms. The first-order valence-electron chi connectivity index (χ1n) is 5.42. The maximum absolute atomic E-state index is 13.3. The second-order valence-electron chi connectivity index (χ2n) is 3.97. The summed E-state index contributed by atoms with van der Waals surface area (Å²) in [6, 6.07) is 12.9. The second-order valence-corrected chi connectivity index (χ2v) is 3.97. The summed E-state index contributed by atoms with van der Waals surface area (Å²) in [5, 5.41) is 8.79. The van der Waals surface area contributed by atoms with Gasteiger partial charge in [0, 0.05) is 5.56 Å². The molecule has 18 heavy (non-hydrogen) atoms. The van der Waals surface area contributed by atoms with Crippen LogP contribution in [0.2, 0.25) is 0 Å². The summed E-state index contributed by atoms with van der Waals surface area (Å²) in [6.45, 7) is 1.49. The van der Waals surface area contributed by atoms with E-state index in [4.69, 9.17) is 5.26 Å². The zero-order chi connectivity index (χ0) is 13.1. The molecule has 0 saturated carbocycles. The lowest BCUT2D eigenvalue weighted by Crippen LogP contribution is -1.91. The first-order chi connectivity index (χ1) is 8.60. The molecule has 3 heteroatoms. The van der Waals surface area contributed by atoms with Crippen LogP contribution in [0.5, 0.6) is 0 Å². The number of halogens is 1. The van der Waals surface area contributed by atoms with Crippen LogP contribution in [0.25, 0.3) is 11.1 Å². The van der Waals surface area contributed by atoms with Crippen molar-refractivity contribution in [1.82, 2.24) is 0 Å². The third-order valence-electron chi connectivity index (χ3n) is 2.65. The van der Waals surface area contributed by atoms with Crippen LogP contribution in [0.15, 0.2) is 42.5 Å². The number of ketones is 1. The Kier molecular flexibility index (Phi) is 3.20. The largest absolute Gasteiger partial charge is 0.295 e. The van der Waals surface area contributed by atoms with Gasteiger partial charge < -0.3 is 0 Å². The molecule has 0 saturated heterocycles. The molecule has 0 aliphatic rings. The fourth-order valence-electron chi connectivity index (χ4n) is 1.72. The molecule has 0 N–H and O–H groups in total. The van der Waals surface area contributed by atoms with Crippen molar-refractivity contribution in [2.45, 2.75) is 6.92 Å². The van der Waals surface area contributed by atoms with Gasteiger partial charge in [-0.25, -0.2) is 4.39 Å². The minimum Gasteiger partial charge on any atom is -0.295 e. The smallest absolute Gasteiger partial charge is 0.159 e. The number of hydrogen-bond acceptors (Lipinski definition) is 2. The lowest BCUT2D eigenvalue weighted by atomic mass is 10.0. The summed E-state index contributed by atoms with van der Waals surface area (Å²) >= 11 is 0. The Balaban J connectivity index is 2.46. The van der Waals surface area contributed by atoms with Crippen LogP contribution in [0, 0.1) is 17.1 Å². The molecular formula is C15H10FNO. The molecule has 0 unspecified atom stereocenters. The third-order valence-corrected chi connectivity index (χ3v) is 2.65. The van der Waals surface area contributed by atoms with Crippen molar-refractivity contribution in [2.75, 3.05) is 0 Å². The quantitative estimate of drug-likeness (QED) is 0.752. The van der Waals surface area contributed by atoms with Crippen LogP contribution in [0.4, 0.5) is 4.39 Å². The molecule has 0 aliphatic heterocycles. The first-order valence-corrected chi connectivity index (χ1v) is 5.42. The van der Waals surface area contributed by atoms with Crippen molar-refractivity contribution in [3.05, 3.63) is 59.4 Å². The van der Waals surface area contributed by atoms with Crippen molar-refractivity contribution in [1.29, 1.82) is 5.26 Å². The lowest BCUT2D eigenvalue weighted by molar-refractivity contribution is 0.101. The molecule has 2 aromatic rings. The molecule has 0 radical (unpaired) electrons. The van der Waals surface area contributed by atoms with Gasteiger partial charge >= 0.3 is 0 Å². The Labute approximate surface area is 104 Å². The van der Waals surface area contributed by atoms with E-state index in [0.717, 1.165) is 5.56 Å². The average Bonchev–Trinajstić information content (AvgIpc) is 2.38. The maximum Gasteiger partial charge on any atom is 0.159 e. The number of nitrogens with zero attached hydrogens (tertiary/aromatic N) is 1. The second kappa shape index (κ2) is 4.80. The van der Waals surface area contributed by atoms with E-state index < -0.39 is 5.82 Å². The van der Waals surface area contributed by atoms with E-state index >= 15 is 0 Å². The van der Waals surface area contributed by atoms with Crippen LogP contribution in [0.1, 0.15) is 22.8 Å². The highest BCUT2D eigenvalue weighted by Gasteiger charge is 2.04. The van der Waals surface area contributed by atoms with E-state index in [1.807, 2.05) is 6.07 Å². The van der Waals surface area contributed by atoms with E-state index in [1.54, 1.807) is 30.3 Å². The van der Waals surface area contributed by atoms with Crippen LogP contribution < -0.4 is 0 Å². The fourth-order valence-corrected chi connectivity index (χ4v) is 1.72. The van der Waals surface area contributed by atoms with Crippen molar-refractivity contribution in [3.8, 4) is 17.2 Å². The van der Waals surface area contributed by atoms with E-state index in [2.05, 4.69) is 0 Å². The van der Waals surface area contributed by atoms with Crippen LogP contribution in [-0.4, -0.2) is 5.78 Å². The van der Waals surface area contributed by atoms with Crippen LogP contribution in [0.3, 0.4) is 0 Å². The van der Waals surface area contributed by atoms with Crippen LogP contribution in [-0.2, 0) is 0 Å². The number of Topliss-reactive ketones (excluding diaryl/α,β-unsaturated/α-hetero) is 1. The molecule has 0 aliphatic carbocycles. The number of nitriles is 1. The van der Waals surface area contributed by atoms with Gasteiger partial charge in [-0.2, -0.15) is 5.26 Å². The standard InChI is InChI=1S/C15H10FNO/c1-10(18)12-2-4-13(5-3-12)14-6-11(9-17)7-15(16)8-14/h2-8H,1H3. The molecule has 0 aromatic heterocycles.